The second-order valence-electron chi connectivity index (χ2n) is 4.56. The van der Waals surface area contributed by atoms with E-state index < -0.39 is 10.0 Å². The van der Waals surface area contributed by atoms with Gasteiger partial charge in [-0.05, 0) is 64.7 Å². The van der Waals surface area contributed by atoms with E-state index in [-0.39, 0.29) is 11.4 Å². The Labute approximate surface area is 127 Å². The minimum Gasteiger partial charge on any atom is -0.264 e. The smallest absolute Gasteiger partial charge is 0.241 e. The van der Waals surface area contributed by atoms with Gasteiger partial charge in [0, 0.05) is 23.4 Å². The predicted molar refractivity (Wildman–Crippen MR) is 81.9 cm³/mol. The Hall–Kier alpha value is -1.24. The van der Waals surface area contributed by atoms with Crippen LogP contribution in [0.2, 0.25) is 0 Å². The topological polar surface area (TPSA) is 59.1 Å². The zero-order valence-electron chi connectivity index (χ0n) is 11.2. The molecule has 0 aliphatic carbocycles. The van der Waals surface area contributed by atoms with Gasteiger partial charge in [-0.2, -0.15) is 0 Å². The van der Waals surface area contributed by atoms with Gasteiger partial charge in [0.2, 0.25) is 10.0 Å². The first-order valence-corrected chi connectivity index (χ1v) is 8.33. The van der Waals surface area contributed by atoms with Crippen molar-refractivity contribution in [2.75, 3.05) is 0 Å². The number of rotatable bonds is 4. The molecule has 0 saturated heterocycles. The third kappa shape index (κ3) is 3.45. The molecule has 0 unspecified atom stereocenters. The van der Waals surface area contributed by atoms with Crippen molar-refractivity contribution >= 4 is 26.0 Å². The van der Waals surface area contributed by atoms with Crippen LogP contribution in [0.1, 0.15) is 16.7 Å². The van der Waals surface area contributed by atoms with E-state index in [0.29, 0.717) is 4.47 Å². The number of hydrogen-bond donors (Lipinski definition) is 1. The average molecular weight is 355 g/mol. The largest absolute Gasteiger partial charge is 0.264 e. The Bertz CT molecular complexity index is 730. The van der Waals surface area contributed by atoms with Gasteiger partial charge in [-0.3, -0.25) is 4.98 Å². The molecule has 106 valence electrons. The Kier molecular flexibility index (Phi) is 4.57. The van der Waals surface area contributed by atoms with Crippen molar-refractivity contribution in [3.05, 3.63) is 57.8 Å². The molecule has 1 N–H and O–H groups in total. The molecule has 2 rings (SSSR count). The molecule has 0 aliphatic heterocycles. The first kappa shape index (κ1) is 15.2. The first-order chi connectivity index (χ1) is 9.40. The van der Waals surface area contributed by atoms with Crippen molar-refractivity contribution in [3.8, 4) is 0 Å². The highest BCUT2D eigenvalue weighted by Crippen LogP contribution is 2.23. The molecule has 0 atom stereocenters. The monoisotopic (exact) mass is 354 g/mol. The number of benzene rings is 1. The molecule has 0 bridgehead atoms. The van der Waals surface area contributed by atoms with Crippen LogP contribution in [0.25, 0.3) is 0 Å². The number of nitrogens with zero attached hydrogens (tertiary/aromatic N) is 1. The summed E-state index contributed by atoms with van der Waals surface area (Å²) in [5.74, 6) is 0. The van der Waals surface area contributed by atoms with Gasteiger partial charge >= 0.3 is 0 Å². The summed E-state index contributed by atoms with van der Waals surface area (Å²) in [6.45, 7) is 4.06. The number of hydrogen-bond acceptors (Lipinski definition) is 3. The summed E-state index contributed by atoms with van der Waals surface area (Å²) in [5.41, 5.74) is 2.87. The molecule has 1 aromatic carbocycles. The maximum absolute atomic E-state index is 12.3. The van der Waals surface area contributed by atoms with Gasteiger partial charge in [0.05, 0.1) is 4.90 Å². The minimum absolute atomic E-state index is 0.245. The summed E-state index contributed by atoms with van der Waals surface area (Å²) < 4.78 is 27.8. The summed E-state index contributed by atoms with van der Waals surface area (Å²) >= 11 is 3.29. The van der Waals surface area contributed by atoms with Gasteiger partial charge in [-0.15, -0.1) is 0 Å². The average Bonchev–Trinajstić information content (AvgIpc) is 2.37. The van der Waals surface area contributed by atoms with Crippen molar-refractivity contribution in [2.24, 2.45) is 0 Å². The molecule has 0 aliphatic rings. The van der Waals surface area contributed by atoms with Crippen LogP contribution in [0.3, 0.4) is 0 Å². The SMILES string of the molecule is Cc1ccc(S(=O)(=O)NCc2ccncc2C)c(Br)c1. The highest BCUT2D eigenvalue weighted by Gasteiger charge is 2.17. The zero-order valence-corrected chi connectivity index (χ0v) is 13.6. The van der Waals surface area contributed by atoms with Gasteiger partial charge in [-0.1, -0.05) is 6.07 Å². The molecule has 1 aromatic heterocycles. The normalized spacial score (nSPS) is 11.6. The van der Waals surface area contributed by atoms with Crippen LogP contribution in [-0.4, -0.2) is 13.4 Å². The lowest BCUT2D eigenvalue weighted by Crippen LogP contribution is -2.24. The Morgan fingerprint density at radius 1 is 1.25 bits per heavy atom. The maximum Gasteiger partial charge on any atom is 0.241 e. The molecule has 0 radical (unpaired) electrons. The van der Waals surface area contributed by atoms with E-state index in [1.54, 1.807) is 30.6 Å². The van der Waals surface area contributed by atoms with Crippen molar-refractivity contribution in [3.63, 3.8) is 0 Å². The van der Waals surface area contributed by atoms with Crippen molar-refractivity contribution in [2.45, 2.75) is 25.3 Å². The van der Waals surface area contributed by atoms with Gasteiger partial charge in [-0.25, -0.2) is 13.1 Å². The Morgan fingerprint density at radius 3 is 2.65 bits per heavy atom. The van der Waals surface area contributed by atoms with Crippen molar-refractivity contribution in [1.82, 2.24) is 9.71 Å². The Balaban J connectivity index is 2.22. The van der Waals surface area contributed by atoms with E-state index in [1.165, 1.54) is 0 Å². The highest BCUT2D eigenvalue weighted by atomic mass is 79.9. The highest BCUT2D eigenvalue weighted by molar-refractivity contribution is 9.10. The number of pyridine rings is 1. The molecular formula is C14H15BrN2O2S. The lowest BCUT2D eigenvalue weighted by molar-refractivity contribution is 0.580. The van der Waals surface area contributed by atoms with Crippen LogP contribution in [-0.2, 0) is 16.6 Å². The fourth-order valence-corrected chi connectivity index (χ4v) is 3.97. The lowest BCUT2D eigenvalue weighted by Gasteiger charge is -2.10. The quantitative estimate of drug-likeness (QED) is 0.917. The van der Waals surface area contributed by atoms with Crippen molar-refractivity contribution in [1.29, 1.82) is 0 Å². The molecule has 2 aromatic rings. The summed E-state index contributed by atoms with van der Waals surface area (Å²) in [6.07, 6.45) is 3.36. The van der Waals surface area contributed by atoms with Crippen LogP contribution in [0.5, 0.6) is 0 Å². The van der Waals surface area contributed by atoms with E-state index in [4.69, 9.17) is 0 Å². The summed E-state index contributed by atoms with van der Waals surface area (Å²) in [5, 5.41) is 0. The number of nitrogens with one attached hydrogen (secondary N) is 1. The molecule has 6 heteroatoms. The van der Waals surface area contributed by atoms with E-state index in [1.807, 2.05) is 19.9 Å². The predicted octanol–water partition coefficient (Wildman–Crippen LogP) is 2.94. The van der Waals surface area contributed by atoms with Crippen molar-refractivity contribution < 1.29 is 8.42 Å². The van der Waals surface area contributed by atoms with E-state index in [0.717, 1.165) is 16.7 Å². The molecule has 0 saturated carbocycles. The second kappa shape index (κ2) is 6.03. The van der Waals surface area contributed by atoms with E-state index in [2.05, 4.69) is 25.6 Å². The van der Waals surface area contributed by atoms with Crippen LogP contribution in [0, 0.1) is 13.8 Å². The number of sulfonamides is 1. The van der Waals surface area contributed by atoms with Gasteiger partial charge in [0.15, 0.2) is 0 Å². The fraction of sp³-hybridized carbons (Fsp3) is 0.214. The molecule has 20 heavy (non-hydrogen) atoms. The maximum atomic E-state index is 12.3. The number of aryl methyl sites for hydroxylation is 2. The summed E-state index contributed by atoms with van der Waals surface area (Å²) in [7, 11) is -3.54. The van der Waals surface area contributed by atoms with E-state index >= 15 is 0 Å². The number of aromatic nitrogens is 1. The van der Waals surface area contributed by atoms with Gasteiger partial charge < -0.3 is 0 Å². The van der Waals surface area contributed by atoms with Crippen LogP contribution < -0.4 is 4.72 Å². The molecule has 1 heterocycles. The third-order valence-corrected chi connectivity index (χ3v) is 5.34. The van der Waals surface area contributed by atoms with Crippen LogP contribution >= 0.6 is 15.9 Å². The Morgan fingerprint density at radius 2 is 2.00 bits per heavy atom. The van der Waals surface area contributed by atoms with Crippen LogP contribution in [0.15, 0.2) is 46.0 Å². The zero-order chi connectivity index (χ0) is 14.8. The minimum atomic E-state index is -3.54. The third-order valence-electron chi connectivity index (χ3n) is 2.97. The van der Waals surface area contributed by atoms with E-state index in [9.17, 15) is 8.42 Å². The first-order valence-electron chi connectivity index (χ1n) is 6.05. The molecule has 0 spiro atoms. The molecular weight excluding hydrogens is 340 g/mol. The second-order valence-corrected chi connectivity index (χ2v) is 7.15. The summed E-state index contributed by atoms with van der Waals surface area (Å²) in [4.78, 5) is 4.23. The molecule has 0 fully saturated rings. The fourth-order valence-electron chi connectivity index (χ4n) is 1.77. The molecule has 4 nitrogen and oxygen atoms in total. The van der Waals surface area contributed by atoms with Gasteiger partial charge in [0.1, 0.15) is 0 Å². The number of halogens is 1. The standard InChI is InChI=1S/C14H15BrN2O2S/c1-10-3-4-14(13(15)7-10)20(18,19)17-9-12-5-6-16-8-11(12)2/h3-8,17H,9H2,1-2H3. The molecule has 0 amide bonds. The summed E-state index contributed by atoms with van der Waals surface area (Å²) in [6, 6.07) is 6.96. The van der Waals surface area contributed by atoms with Gasteiger partial charge in [0.25, 0.3) is 0 Å². The van der Waals surface area contributed by atoms with Crippen LogP contribution in [0.4, 0.5) is 0 Å². The lowest BCUT2D eigenvalue weighted by atomic mass is 10.2.